The summed E-state index contributed by atoms with van der Waals surface area (Å²) in [5, 5.41) is 10.7. The van der Waals surface area contributed by atoms with Crippen LogP contribution in [0, 0.1) is 6.92 Å². The fourth-order valence-corrected chi connectivity index (χ4v) is 3.85. The van der Waals surface area contributed by atoms with Crippen LogP contribution in [0.1, 0.15) is 92.3 Å². The molecule has 0 spiro atoms. The van der Waals surface area contributed by atoms with Crippen molar-refractivity contribution < 1.29 is 28.9 Å². The molecule has 0 fully saturated rings. The Kier molecular flexibility index (Phi) is 9.89. The molecular weight excluding hydrogens is 396 g/mol. The molecule has 1 aliphatic heterocycles. The average molecular weight is 433 g/mol. The molecule has 0 amide bonds. The molecule has 0 saturated heterocycles. The normalized spacial score (nSPS) is 13.2. The number of phenols is 1. The van der Waals surface area contributed by atoms with Crippen molar-refractivity contribution in [1.29, 1.82) is 0 Å². The lowest BCUT2D eigenvalue weighted by Gasteiger charge is -2.15. The molecule has 172 valence electrons. The first-order valence-corrected chi connectivity index (χ1v) is 11.3. The van der Waals surface area contributed by atoms with E-state index in [1.807, 2.05) is 19.9 Å². The zero-order valence-electron chi connectivity index (χ0n) is 19.3. The quantitative estimate of drug-likeness (QED) is 0.250. The number of benzene rings is 1. The Morgan fingerprint density at radius 2 is 1.87 bits per heavy atom. The topological polar surface area (TPSA) is 82.1 Å². The van der Waals surface area contributed by atoms with Crippen LogP contribution in [0.4, 0.5) is 0 Å². The van der Waals surface area contributed by atoms with Gasteiger partial charge in [-0.25, -0.2) is 4.79 Å². The van der Waals surface area contributed by atoms with Crippen LogP contribution in [0.5, 0.6) is 11.5 Å². The molecule has 0 aromatic heterocycles. The molecule has 1 aromatic carbocycles. The van der Waals surface area contributed by atoms with E-state index >= 15 is 0 Å². The molecule has 1 aliphatic rings. The van der Waals surface area contributed by atoms with E-state index in [1.165, 1.54) is 25.7 Å². The molecule has 2 rings (SSSR count). The Morgan fingerprint density at radius 3 is 2.58 bits per heavy atom. The monoisotopic (exact) mass is 432 g/mol. The minimum atomic E-state index is -0.506. The lowest BCUT2D eigenvalue weighted by Crippen LogP contribution is -2.06. The number of hydrogen-bond acceptors (Lipinski definition) is 6. The molecule has 0 atom stereocenters. The second-order valence-electron chi connectivity index (χ2n) is 8.16. The first-order valence-electron chi connectivity index (χ1n) is 11.3. The smallest absolute Gasteiger partial charge is 0.342 e. The molecular formula is C25H36O6. The van der Waals surface area contributed by atoms with Crippen LogP contribution >= 0.6 is 0 Å². The van der Waals surface area contributed by atoms with Crippen LogP contribution in [0.2, 0.25) is 0 Å². The van der Waals surface area contributed by atoms with Crippen LogP contribution in [-0.4, -0.2) is 30.8 Å². The summed E-state index contributed by atoms with van der Waals surface area (Å²) in [5.74, 6) is -0.203. The predicted molar refractivity (Wildman–Crippen MR) is 120 cm³/mol. The predicted octanol–water partition coefficient (Wildman–Crippen LogP) is 5.55. The lowest BCUT2D eigenvalue weighted by atomic mass is 9.94. The number of cyclic esters (lactones) is 1. The van der Waals surface area contributed by atoms with Crippen LogP contribution in [0.15, 0.2) is 11.6 Å². The molecule has 0 saturated carbocycles. The average Bonchev–Trinajstić information content (AvgIpc) is 3.15. The van der Waals surface area contributed by atoms with E-state index in [0.29, 0.717) is 42.7 Å². The maximum absolute atomic E-state index is 12.0. The highest BCUT2D eigenvalue weighted by atomic mass is 16.5. The third-order valence-corrected chi connectivity index (χ3v) is 5.79. The van der Waals surface area contributed by atoms with Gasteiger partial charge < -0.3 is 19.3 Å². The SMILES string of the molecule is CCCCCCCCOC(=O)CC/C(C)=C/Cc1c(O)c2c(c(C)c1OC)COC2=O. The number of phenolic OH excluding ortho intramolecular Hbond substituents is 1. The molecule has 1 heterocycles. The van der Waals surface area contributed by atoms with Gasteiger partial charge in [0, 0.05) is 17.5 Å². The largest absolute Gasteiger partial charge is 0.507 e. The van der Waals surface area contributed by atoms with Crippen LogP contribution in [0.3, 0.4) is 0 Å². The molecule has 0 unspecified atom stereocenters. The number of hydrogen-bond donors (Lipinski definition) is 1. The van der Waals surface area contributed by atoms with E-state index in [-0.39, 0.29) is 23.9 Å². The lowest BCUT2D eigenvalue weighted by molar-refractivity contribution is -0.143. The van der Waals surface area contributed by atoms with Crippen molar-refractivity contribution in [2.24, 2.45) is 0 Å². The summed E-state index contributed by atoms with van der Waals surface area (Å²) in [7, 11) is 1.55. The molecule has 6 nitrogen and oxygen atoms in total. The van der Waals surface area contributed by atoms with Gasteiger partial charge in [0.05, 0.1) is 13.7 Å². The molecule has 0 bridgehead atoms. The van der Waals surface area contributed by atoms with Crippen molar-refractivity contribution in [3.63, 3.8) is 0 Å². The summed E-state index contributed by atoms with van der Waals surface area (Å²) in [6.07, 6.45) is 10.2. The Bertz CT molecular complexity index is 809. The second kappa shape index (κ2) is 12.4. The van der Waals surface area contributed by atoms with Gasteiger partial charge in [-0.1, -0.05) is 50.7 Å². The molecule has 0 radical (unpaired) electrons. The second-order valence-corrected chi connectivity index (χ2v) is 8.16. The molecule has 31 heavy (non-hydrogen) atoms. The van der Waals surface area contributed by atoms with Crippen molar-refractivity contribution in [2.45, 2.75) is 85.2 Å². The number of ether oxygens (including phenoxy) is 3. The van der Waals surface area contributed by atoms with Gasteiger partial charge in [-0.15, -0.1) is 0 Å². The summed E-state index contributed by atoms with van der Waals surface area (Å²) in [5.41, 5.74) is 3.29. The van der Waals surface area contributed by atoms with Crippen LogP contribution < -0.4 is 4.74 Å². The zero-order chi connectivity index (χ0) is 22.8. The molecule has 1 aromatic rings. The maximum atomic E-state index is 12.0. The summed E-state index contributed by atoms with van der Waals surface area (Å²) in [6, 6.07) is 0. The highest BCUT2D eigenvalue weighted by Gasteiger charge is 2.31. The number of fused-ring (bicyclic) bond motifs is 1. The van der Waals surface area contributed by atoms with Gasteiger partial charge >= 0.3 is 11.9 Å². The van der Waals surface area contributed by atoms with Crippen LogP contribution in [0.25, 0.3) is 0 Å². The first-order chi connectivity index (χ1) is 14.9. The Hall–Kier alpha value is -2.50. The van der Waals surface area contributed by atoms with Gasteiger partial charge in [0.2, 0.25) is 0 Å². The highest BCUT2D eigenvalue weighted by molar-refractivity contribution is 5.98. The van der Waals surface area contributed by atoms with Crippen LogP contribution in [-0.2, 0) is 27.3 Å². The summed E-state index contributed by atoms with van der Waals surface area (Å²) in [4.78, 5) is 23.9. The van der Waals surface area contributed by atoms with E-state index in [4.69, 9.17) is 14.2 Å². The standard InChI is InChI=1S/C25H36O6/c1-5-6-7-8-9-10-15-30-21(26)14-12-17(2)11-13-19-23(27)22-20(16-31-25(22)28)18(3)24(19)29-4/h11,27H,5-10,12-16H2,1-4H3/b17-11+. The number of carbonyl (C=O) groups excluding carboxylic acids is 2. The highest BCUT2D eigenvalue weighted by Crippen LogP contribution is 2.42. The number of rotatable bonds is 13. The van der Waals surface area contributed by atoms with Crippen molar-refractivity contribution in [3.05, 3.63) is 33.9 Å². The number of aromatic hydroxyl groups is 1. The third kappa shape index (κ3) is 6.74. The fraction of sp³-hybridized carbons (Fsp3) is 0.600. The third-order valence-electron chi connectivity index (χ3n) is 5.79. The summed E-state index contributed by atoms with van der Waals surface area (Å²) in [6.45, 7) is 6.64. The van der Waals surface area contributed by atoms with E-state index in [2.05, 4.69) is 6.92 Å². The minimum absolute atomic E-state index is 0.0812. The van der Waals surface area contributed by atoms with Gasteiger partial charge in [0.15, 0.2) is 0 Å². The van der Waals surface area contributed by atoms with Gasteiger partial charge in [-0.2, -0.15) is 0 Å². The van der Waals surface area contributed by atoms with E-state index < -0.39 is 5.97 Å². The van der Waals surface area contributed by atoms with Gasteiger partial charge in [-0.05, 0) is 38.7 Å². The maximum Gasteiger partial charge on any atom is 0.342 e. The van der Waals surface area contributed by atoms with E-state index in [9.17, 15) is 14.7 Å². The summed E-state index contributed by atoms with van der Waals surface area (Å²) >= 11 is 0. The van der Waals surface area contributed by atoms with Crippen molar-refractivity contribution in [2.75, 3.05) is 13.7 Å². The Morgan fingerprint density at radius 1 is 1.16 bits per heavy atom. The van der Waals surface area contributed by atoms with Crippen molar-refractivity contribution >= 4 is 11.9 Å². The van der Waals surface area contributed by atoms with Crippen molar-refractivity contribution in [3.8, 4) is 11.5 Å². The number of esters is 2. The van der Waals surface area contributed by atoms with E-state index in [1.54, 1.807) is 7.11 Å². The number of allylic oxidation sites excluding steroid dienone is 2. The summed E-state index contributed by atoms with van der Waals surface area (Å²) < 4.78 is 15.9. The Balaban J connectivity index is 1.86. The first kappa shape index (κ1) is 24.8. The number of methoxy groups -OCH3 is 1. The molecule has 6 heteroatoms. The molecule has 0 aliphatic carbocycles. The van der Waals surface area contributed by atoms with Gasteiger partial charge in [0.25, 0.3) is 0 Å². The van der Waals surface area contributed by atoms with E-state index in [0.717, 1.165) is 24.0 Å². The van der Waals surface area contributed by atoms with Gasteiger partial charge in [-0.3, -0.25) is 4.79 Å². The minimum Gasteiger partial charge on any atom is -0.507 e. The number of unbranched alkanes of at least 4 members (excludes halogenated alkanes) is 5. The molecule has 1 N–H and O–H groups in total. The fourth-order valence-electron chi connectivity index (χ4n) is 3.85. The van der Waals surface area contributed by atoms with Gasteiger partial charge in [0.1, 0.15) is 23.7 Å². The zero-order valence-corrected chi connectivity index (χ0v) is 19.3. The number of carbonyl (C=O) groups is 2. The Labute approximate surface area is 185 Å². The van der Waals surface area contributed by atoms with Crippen molar-refractivity contribution in [1.82, 2.24) is 0 Å².